The van der Waals surface area contributed by atoms with Gasteiger partial charge in [0.25, 0.3) is 0 Å². The first-order valence-corrected chi connectivity index (χ1v) is 12.8. The average molecular weight is 459 g/mol. The fraction of sp³-hybridized carbons (Fsp3) is 0.920. The van der Waals surface area contributed by atoms with E-state index in [1.54, 1.807) is 0 Å². The molecule has 32 heavy (non-hydrogen) atoms. The Balaban J connectivity index is 3.52. The van der Waals surface area contributed by atoms with E-state index in [1.807, 2.05) is 0 Å². The Hall–Kier alpha value is -1.18. The Labute approximate surface area is 198 Å². The summed E-state index contributed by atoms with van der Waals surface area (Å²) in [6.45, 7) is 8.40. The summed E-state index contributed by atoms with van der Waals surface area (Å²) in [6.07, 6.45) is 9.36. The van der Waals surface area contributed by atoms with Gasteiger partial charge in [-0.1, -0.05) is 26.2 Å². The monoisotopic (exact) mass is 458 g/mol. The summed E-state index contributed by atoms with van der Waals surface area (Å²) < 4.78 is 7.43. The molecule has 2 N–H and O–H groups in total. The molecule has 0 bridgehead atoms. The number of quaternary nitrogens is 2. The van der Waals surface area contributed by atoms with Crippen molar-refractivity contribution in [2.45, 2.75) is 71.1 Å². The van der Waals surface area contributed by atoms with Crippen LogP contribution >= 0.6 is 0 Å². The molecular weight excluding hydrogens is 404 g/mol. The van der Waals surface area contributed by atoms with Crippen LogP contribution in [0.2, 0.25) is 0 Å². The van der Waals surface area contributed by atoms with Crippen molar-refractivity contribution in [2.75, 3.05) is 81.2 Å². The Morgan fingerprint density at radius 2 is 1.16 bits per heavy atom. The highest BCUT2D eigenvalue weighted by Gasteiger charge is 2.14. The van der Waals surface area contributed by atoms with E-state index in [0.717, 1.165) is 106 Å². The van der Waals surface area contributed by atoms with Crippen molar-refractivity contribution in [3.05, 3.63) is 0 Å². The highest BCUT2D eigenvalue weighted by atomic mass is 16.5. The zero-order valence-corrected chi connectivity index (χ0v) is 22.1. The highest BCUT2D eigenvalue weighted by molar-refractivity contribution is 5.76. The standard InChI is InChI=1S/C25H52N4O3/c1-7-22-32-23-21-29(5,6)20-14-18-27-25(31)16-12-10-8-9-11-15-24(30)26-17-13-19-28(2,3)4/h7-23H2,1-6H3/p+2. The molecule has 0 fully saturated rings. The lowest BCUT2D eigenvalue weighted by Gasteiger charge is -2.29. The van der Waals surface area contributed by atoms with Gasteiger partial charge in [0.05, 0.1) is 54.9 Å². The van der Waals surface area contributed by atoms with Crippen molar-refractivity contribution < 1.29 is 23.3 Å². The second kappa shape index (κ2) is 18.3. The molecule has 0 aromatic heterocycles. The molecule has 190 valence electrons. The number of nitrogens with zero attached hydrogens (tertiary/aromatic N) is 2. The predicted molar refractivity (Wildman–Crippen MR) is 133 cm³/mol. The van der Waals surface area contributed by atoms with Crippen LogP contribution in [-0.2, 0) is 14.3 Å². The van der Waals surface area contributed by atoms with Crippen molar-refractivity contribution in [3.8, 4) is 0 Å². The quantitative estimate of drug-likeness (QED) is 0.205. The number of hydrogen-bond donors (Lipinski definition) is 2. The summed E-state index contributed by atoms with van der Waals surface area (Å²) in [5, 5.41) is 6.06. The minimum Gasteiger partial charge on any atom is -0.376 e. The lowest BCUT2D eigenvalue weighted by Crippen LogP contribution is -2.44. The third-order valence-electron chi connectivity index (χ3n) is 5.59. The number of hydrogen-bond acceptors (Lipinski definition) is 3. The molecule has 0 aliphatic rings. The van der Waals surface area contributed by atoms with Gasteiger partial charge in [-0.3, -0.25) is 9.59 Å². The topological polar surface area (TPSA) is 67.4 Å². The Bertz CT molecular complexity index is 490. The zero-order valence-electron chi connectivity index (χ0n) is 22.1. The smallest absolute Gasteiger partial charge is 0.219 e. The zero-order chi connectivity index (χ0) is 24.3. The van der Waals surface area contributed by atoms with Crippen LogP contribution in [0.15, 0.2) is 0 Å². The first kappa shape index (κ1) is 30.8. The second-order valence-electron chi connectivity index (χ2n) is 10.7. The Morgan fingerprint density at radius 1 is 0.656 bits per heavy atom. The van der Waals surface area contributed by atoms with Crippen LogP contribution in [0, 0.1) is 0 Å². The first-order chi connectivity index (χ1) is 15.1. The van der Waals surface area contributed by atoms with Gasteiger partial charge < -0.3 is 24.3 Å². The first-order valence-electron chi connectivity index (χ1n) is 12.8. The minimum absolute atomic E-state index is 0.162. The van der Waals surface area contributed by atoms with E-state index in [2.05, 4.69) is 52.8 Å². The van der Waals surface area contributed by atoms with Crippen LogP contribution in [0.4, 0.5) is 0 Å². The van der Waals surface area contributed by atoms with Crippen LogP contribution in [0.25, 0.3) is 0 Å². The lowest BCUT2D eigenvalue weighted by atomic mass is 10.1. The molecule has 0 unspecified atom stereocenters. The molecule has 0 spiro atoms. The predicted octanol–water partition coefficient (Wildman–Crippen LogP) is 2.94. The molecule has 7 heteroatoms. The third kappa shape index (κ3) is 22.0. The number of rotatable bonds is 21. The number of unbranched alkanes of at least 4 members (excludes halogenated alkanes) is 4. The fourth-order valence-corrected chi connectivity index (χ4v) is 3.46. The maximum absolute atomic E-state index is 12.0. The Morgan fingerprint density at radius 3 is 1.66 bits per heavy atom. The van der Waals surface area contributed by atoms with E-state index >= 15 is 0 Å². The normalized spacial score (nSPS) is 12.1. The molecule has 0 radical (unpaired) electrons. The summed E-state index contributed by atoms with van der Waals surface area (Å²) in [5.74, 6) is 0.330. The van der Waals surface area contributed by atoms with Gasteiger partial charge in [-0.2, -0.15) is 0 Å². The van der Waals surface area contributed by atoms with Gasteiger partial charge in [0.2, 0.25) is 11.8 Å². The molecule has 0 aliphatic carbocycles. The maximum atomic E-state index is 12.0. The molecule has 2 amide bonds. The van der Waals surface area contributed by atoms with Crippen molar-refractivity contribution >= 4 is 11.8 Å². The van der Waals surface area contributed by atoms with Crippen LogP contribution in [0.1, 0.15) is 71.1 Å². The third-order valence-corrected chi connectivity index (χ3v) is 5.59. The van der Waals surface area contributed by atoms with Gasteiger partial charge in [-0.05, 0) is 19.3 Å². The molecule has 0 saturated heterocycles. The molecular formula is C25H54N4O3+2. The van der Waals surface area contributed by atoms with Gasteiger partial charge >= 0.3 is 0 Å². The van der Waals surface area contributed by atoms with Crippen LogP contribution in [0.3, 0.4) is 0 Å². The van der Waals surface area contributed by atoms with Crippen LogP contribution in [-0.4, -0.2) is 102 Å². The molecule has 0 aromatic carbocycles. The van der Waals surface area contributed by atoms with Crippen LogP contribution < -0.4 is 10.6 Å². The summed E-state index contributed by atoms with van der Waals surface area (Å²) in [7, 11) is 10.9. The van der Waals surface area contributed by atoms with E-state index in [0.29, 0.717) is 12.8 Å². The highest BCUT2D eigenvalue weighted by Crippen LogP contribution is 2.07. The average Bonchev–Trinajstić information content (AvgIpc) is 2.70. The van der Waals surface area contributed by atoms with Crippen molar-refractivity contribution in [2.24, 2.45) is 0 Å². The summed E-state index contributed by atoms with van der Waals surface area (Å²) >= 11 is 0. The fourth-order valence-electron chi connectivity index (χ4n) is 3.46. The lowest BCUT2D eigenvalue weighted by molar-refractivity contribution is -0.890. The molecule has 0 saturated carbocycles. The summed E-state index contributed by atoms with van der Waals surface area (Å²) in [6, 6.07) is 0. The summed E-state index contributed by atoms with van der Waals surface area (Å²) in [5.41, 5.74) is 0. The van der Waals surface area contributed by atoms with E-state index < -0.39 is 0 Å². The molecule has 0 atom stereocenters. The number of amides is 2. The van der Waals surface area contributed by atoms with Gasteiger partial charge in [-0.15, -0.1) is 0 Å². The largest absolute Gasteiger partial charge is 0.376 e. The number of likely N-dealkylation sites (N-methyl/N-ethyl adjacent to an activating group) is 1. The van der Waals surface area contributed by atoms with E-state index in [9.17, 15) is 9.59 Å². The SMILES string of the molecule is CCCOCC[N+](C)(C)CCCNC(=O)CCCCCCCC(=O)NCCC[N+](C)(C)C. The van der Waals surface area contributed by atoms with Crippen molar-refractivity contribution in [1.29, 1.82) is 0 Å². The molecule has 7 nitrogen and oxygen atoms in total. The van der Waals surface area contributed by atoms with Gasteiger partial charge in [0, 0.05) is 45.4 Å². The molecule has 0 heterocycles. The van der Waals surface area contributed by atoms with E-state index in [1.165, 1.54) is 0 Å². The number of carbonyl (C=O) groups excluding carboxylic acids is 2. The van der Waals surface area contributed by atoms with Gasteiger partial charge in [0.1, 0.15) is 6.54 Å². The minimum atomic E-state index is 0.162. The van der Waals surface area contributed by atoms with Crippen LogP contribution in [0.5, 0.6) is 0 Å². The number of nitrogens with one attached hydrogen (secondary N) is 2. The molecule has 0 aliphatic heterocycles. The number of carbonyl (C=O) groups is 2. The molecule has 0 rings (SSSR count). The van der Waals surface area contributed by atoms with Gasteiger partial charge in [0.15, 0.2) is 0 Å². The van der Waals surface area contributed by atoms with Gasteiger partial charge in [-0.25, -0.2) is 0 Å². The van der Waals surface area contributed by atoms with Crippen molar-refractivity contribution in [3.63, 3.8) is 0 Å². The maximum Gasteiger partial charge on any atom is 0.219 e. The molecule has 0 aromatic rings. The Kier molecular flexibility index (Phi) is 17.6. The summed E-state index contributed by atoms with van der Waals surface area (Å²) in [4.78, 5) is 23.8. The van der Waals surface area contributed by atoms with E-state index in [4.69, 9.17) is 4.74 Å². The number of ether oxygens (including phenoxy) is 1. The van der Waals surface area contributed by atoms with E-state index in [-0.39, 0.29) is 11.8 Å². The second-order valence-corrected chi connectivity index (χ2v) is 10.7. The van der Waals surface area contributed by atoms with Crippen molar-refractivity contribution in [1.82, 2.24) is 10.6 Å².